The number of carbonyl (C=O) groups excluding carboxylic acids is 2. The molecule has 0 bridgehead atoms. The van der Waals surface area contributed by atoms with Crippen molar-refractivity contribution in [3.63, 3.8) is 0 Å². The van der Waals surface area contributed by atoms with Crippen LogP contribution in [-0.4, -0.2) is 57.1 Å². The number of hydrogen-bond donors (Lipinski definition) is 1. The molecule has 2 amide bonds. The molecule has 8 nitrogen and oxygen atoms in total. The molecule has 1 saturated carbocycles. The molecule has 0 radical (unpaired) electrons. The third-order valence-corrected chi connectivity index (χ3v) is 8.79. The molecule has 3 rings (SSSR count). The summed E-state index contributed by atoms with van der Waals surface area (Å²) in [6.07, 6.45) is 6.78. The van der Waals surface area contributed by atoms with Crippen LogP contribution in [0.5, 0.6) is 5.75 Å². The van der Waals surface area contributed by atoms with Crippen LogP contribution in [0.25, 0.3) is 0 Å². The van der Waals surface area contributed by atoms with Crippen molar-refractivity contribution in [1.82, 2.24) is 10.2 Å². The average molecular weight is 578 g/mol. The van der Waals surface area contributed by atoms with Crippen LogP contribution in [0.15, 0.2) is 42.5 Å². The number of ether oxygens (including phenoxy) is 1. The van der Waals surface area contributed by atoms with E-state index in [1.807, 2.05) is 31.2 Å². The number of methoxy groups -OCH3 is 1. The first-order chi connectivity index (χ1) is 18.5. The summed E-state index contributed by atoms with van der Waals surface area (Å²) >= 11 is 6.23. The molecular weight excluding hydrogens is 538 g/mol. The predicted octanol–water partition coefficient (Wildman–Crippen LogP) is 5.07. The highest BCUT2D eigenvalue weighted by Gasteiger charge is 2.29. The van der Waals surface area contributed by atoms with Crippen molar-refractivity contribution in [3.8, 4) is 5.75 Å². The minimum atomic E-state index is -3.63. The van der Waals surface area contributed by atoms with Gasteiger partial charge in [-0.3, -0.25) is 13.9 Å². The van der Waals surface area contributed by atoms with Gasteiger partial charge in [0.05, 0.1) is 24.1 Å². The van der Waals surface area contributed by atoms with Gasteiger partial charge in [0.1, 0.15) is 11.8 Å². The third-order valence-electron chi connectivity index (χ3n) is 7.30. The fourth-order valence-electron chi connectivity index (χ4n) is 4.94. The molecule has 0 saturated heterocycles. The molecule has 10 heteroatoms. The van der Waals surface area contributed by atoms with E-state index in [-0.39, 0.29) is 37.2 Å². The van der Waals surface area contributed by atoms with Gasteiger partial charge in [0.25, 0.3) is 0 Å². The summed E-state index contributed by atoms with van der Waals surface area (Å²) in [4.78, 5) is 28.3. The van der Waals surface area contributed by atoms with Crippen molar-refractivity contribution in [1.29, 1.82) is 0 Å². The van der Waals surface area contributed by atoms with E-state index in [0.717, 1.165) is 43.1 Å². The van der Waals surface area contributed by atoms with Crippen molar-refractivity contribution in [2.45, 2.75) is 77.4 Å². The van der Waals surface area contributed by atoms with Gasteiger partial charge in [-0.15, -0.1) is 0 Å². The highest BCUT2D eigenvalue weighted by Crippen LogP contribution is 2.30. The third kappa shape index (κ3) is 8.60. The normalized spacial score (nSPS) is 14.9. The van der Waals surface area contributed by atoms with Crippen molar-refractivity contribution in [2.75, 3.05) is 24.2 Å². The van der Waals surface area contributed by atoms with E-state index >= 15 is 0 Å². The van der Waals surface area contributed by atoms with Gasteiger partial charge in [0.2, 0.25) is 21.8 Å². The Morgan fingerprint density at radius 1 is 1.13 bits per heavy atom. The quantitative estimate of drug-likeness (QED) is 0.380. The number of rotatable bonds is 12. The zero-order chi connectivity index (χ0) is 28.6. The molecule has 2 aromatic rings. The first kappa shape index (κ1) is 30.8. The van der Waals surface area contributed by atoms with E-state index in [2.05, 4.69) is 5.32 Å². The first-order valence-electron chi connectivity index (χ1n) is 13.5. The molecule has 1 aliphatic rings. The minimum Gasteiger partial charge on any atom is -0.495 e. The van der Waals surface area contributed by atoms with Crippen LogP contribution in [0.3, 0.4) is 0 Å². The number of carbonyl (C=O) groups is 2. The van der Waals surface area contributed by atoms with E-state index in [1.54, 1.807) is 24.0 Å². The standard InChI is InChI=1S/C29H40ClN3O5S/c1-21-11-8-9-12-23(21)20-32(22(2)29(35)31-24-13-6-5-7-14-24)28(34)15-10-18-33(39(4,36)37)25-16-17-27(38-3)26(30)19-25/h8-9,11-12,16-17,19,22,24H,5-7,10,13-15,18,20H2,1-4H3,(H,31,35)/t22-/m1/s1. The second kappa shape index (κ2) is 14.0. The Bertz CT molecular complexity index is 1250. The lowest BCUT2D eigenvalue weighted by atomic mass is 9.95. The highest BCUT2D eigenvalue weighted by molar-refractivity contribution is 7.92. The van der Waals surface area contributed by atoms with Gasteiger partial charge in [0, 0.05) is 25.6 Å². The molecule has 1 aliphatic carbocycles. The maximum Gasteiger partial charge on any atom is 0.242 e. The number of aryl methyl sites for hydroxylation is 1. The lowest BCUT2D eigenvalue weighted by molar-refractivity contribution is -0.141. The molecular formula is C29H40ClN3O5S. The van der Waals surface area contributed by atoms with E-state index < -0.39 is 16.1 Å². The van der Waals surface area contributed by atoms with Gasteiger partial charge in [-0.05, 0) is 62.4 Å². The fourth-order valence-corrected chi connectivity index (χ4v) is 6.15. The number of nitrogens with zero attached hydrogens (tertiary/aromatic N) is 2. The molecule has 1 fully saturated rings. The van der Waals surface area contributed by atoms with Crippen molar-refractivity contribution in [3.05, 3.63) is 58.6 Å². The zero-order valence-corrected chi connectivity index (χ0v) is 24.9. The molecule has 1 atom stereocenters. The maximum absolute atomic E-state index is 13.5. The van der Waals surface area contributed by atoms with Crippen LogP contribution in [0.2, 0.25) is 5.02 Å². The number of hydrogen-bond acceptors (Lipinski definition) is 5. The van der Waals surface area contributed by atoms with Gasteiger partial charge in [-0.2, -0.15) is 0 Å². The summed E-state index contributed by atoms with van der Waals surface area (Å²) < 4.78 is 31.6. The van der Waals surface area contributed by atoms with Gasteiger partial charge < -0.3 is 15.0 Å². The van der Waals surface area contributed by atoms with E-state index in [4.69, 9.17) is 16.3 Å². The Balaban J connectivity index is 1.74. The van der Waals surface area contributed by atoms with Crippen LogP contribution in [0.4, 0.5) is 5.69 Å². The number of halogens is 1. The number of amides is 2. The number of sulfonamides is 1. The highest BCUT2D eigenvalue weighted by atomic mass is 35.5. The van der Waals surface area contributed by atoms with Gasteiger partial charge >= 0.3 is 0 Å². The largest absolute Gasteiger partial charge is 0.495 e. The Labute approximate surface area is 237 Å². The predicted molar refractivity (Wildman–Crippen MR) is 156 cm³/mol. The monoisotopic (exact) mass is 577 g/mol. The van der Waals surface area contributed by atoms with Crippen LogP contribution < -0.4 is 14.4 Å². The summed E-state index contributed by atoms with van der Waals surface area (Å²) in [5.41, 5.74) is 2.40. The van der Waals surface area contributed by atoms with Crippen molar-refractivity contribution in [2.24, 2.45) is 0 Å². The molecule has 0 spiro atoms. The minimum absolute atomic E-state index is 0.0861. The molecule has 39 heavy (non-hydrogen) atoms. The molecule has 214 valence electrons. The second-order valence-corrected chi connectivity index (χ2v) is 12.5. The Hall–Kier alpha value is -2.78. The number of nitrogens with one attached hydrogen (secondary N) is 1. The van der Waals surface area contributed by atoms with Crippen molar-refractivity contribution < 1.29 is 22.7 Å². The first-order valence-corrected chi connectivity index (χ1v) is 15.7. The molecule has 0 aromatic heterocycles. The van der Waals surface area contributed by atoms with Gasteiger partial charge in [-0.1, -0.05) is 55.1 Å². The number of benzene rings is 2. The van der Waals surface area contributed by atoms with Gasteiger partial charge in [-0.25, -0.2) is 8.42 Å². The zero-order valence-electron chi connectivity index (χ0n) is 23.3. The summed E-state index contributed by atoms with van der Waals surface area (Å²) in [7, 11) is -2.14. The van der Waals surface area contributed by atoms with E-state index in [0.29, 0.717) is 23.0 Å². The molecule has 2 aromatic carbocycles. The summed E-state index contributed by atoms with van der Waals surface area (Å²) in [6, 6.07) is 12.0. The average Bonchev–Trinajstić information content (AvgIpc) is 2.90. The van der Waals surface area contributed by atoms with Crippen molar-refractivity contribution >= 4 is 39.1 Å². The topological polar surface area (TPSA) is 96.0 Å². The lowest BCUT2D eigenvalue weighted by Gasteiger charge is -2.32. The van der Waals surface area contributed by atoms with Gasteiger partial charge in [0.15, 0.2) is 0 Å². The Morgan fingerprint density at radius 3 is 2.44 bits per heavy atom. The SMILES string of the molecule is COc1ccc(N(CCCC(=O)N(Cc2ccccc2C)[C@H](C)C(=O)NC2CCCCC2)S(C)(=O)=O)cc1Cl. The molecule has 1 N–H and O–H groups in total. The van der Waals surface area contributed by atoms with E-state index in [9.17, 15) is 18.0 Å². The second-order valence-electron chi connectivity index (χ2n) is 10.2. The smallest absolute Gasteiger partial charge is 0.242 e. The van der Waals surface area contributed by atoms with Crippen LogP contribution in [0.1, 0.15) is 63.0 Å². The summed E-state index contributed by atoms with van der Waals surface area (Å²) in [5, 5.41) is 3.44. The molecule has 0 aliphatic heterocycles. The Kier molecular flexibility index (Phi) is 11.1. The summed E-state index contributed by atoms with van der Waals surface area (Å²) in [5.74, 6) is 0.0802. The lowest BCUT2D eigenvalue weighted by Crippen LogP contribution is -2.50. The van der Waals surface area contributed by atoms with Crippen LogP contribution in [-0.2, 0) is 26.2 Å². The summed E-state index contributed by atoms with van der Waals surface area (Å²) in [6.45, 7) is 4.13. The molecule has 0 heterocycles. The number of anilines is 1. The maximum atomic E-state index is 13.5. The Morgan fingerprint density at radius 2 is 1.82 bits per heavy atom. The van der Waals surface area contributed by atoms with E-state index in [1.165, 1.54) is 23.9 Å². The molecule has 0 unspecified atom stereocenters. The van der Waals surface area contributed by atoms with Crippen LogP contribution in [0, 0.1) is 6.92 Å². The fraction of sp³-hybridized carbons (Fsp3) is 0.517. The van der Waals surface area contributed by atoms with Crippen LogP contribution >= 0.6 is 11.6 Å².